The summed E-state index contributed by atoms with van der Waals surface area (Å²) >= 11 is 0. The van der Waals surface area contributed by atoms with Crippen LogP contribution in [0.4, 0.5) is 0 Å². The molecule has 0 N–H and O–H groups in total. The molecule has 0 radical (unpaired) electrons. The molecule has 0 aliphatic carbocycles. The lowest BCUT2D eigenvalue weighted by molar-refractivity contribution is 0.0713. The van der Waals surface area contributed by atoms with E-state index in [0.717, 1.165) is 31.5 Å². The summed E-state index contributed by atoms with van der Waals surface area (Å²) in [5.41, 5.74) is 3.90. The minimum absolute atomic E-state index is 0.128. The third-order valence-electron chi connectivity index (χ3n) is 4.59. The van der Waals surface area contributed by atoms with Crippen LogP contribution in [-0.2, 0) is 0 Å². The van der Waals surface area contributed by atoms with Gasteiger partial charge in [-0.15, -0.1) is 0 Å². The van der Waals surface area contributed by atoms with E-state index in [-0.39, 0.29) is 5.91 Å². The van der Waals surface area contributed by atoms with Gasteiger partial charge in [0.15, 0.2) is 0 Å². The van der Waals surface area contributed by atoms with E-state index in [1.807, 2.05) is 60.4 Å². The third kappa shape index (κ3) is 3.43. The standard InChI is InChI=1S/C20H20N2O/c1-15-2-6-19(7-3-15)20(23)22-12-10-18(11-13-22)17-8-4-16(14-21)5-9-17/h2-9,18H,10-13H2,1H3. The molecule has 0 aromatic heterocycles. The Labute approximate surface area is 137 Å². The molecule has 2 aromatic carbocycles. The molecule has 1 aliphatic heterocycles. The summed E-state index contributed by atoms with van der Waals surface area (Å²) in [7, 11) is 0. The molecule has 1 heterocycles. The molecule has 0 saturated carbocycles. The van der Waals surface area contributed by atoms with Crippen LogP contribution >= 0.6 is 0 Å². The van der Waals surface area contributed by atoms with Crippen molar-refractivity contribution in [1.29, 1.82) is 5.26 Å². The van der Waals surface area contributed by atoms with E-state index >= 15 is 0 Å². The fraction of sp³-hybridized carbons (Fsp3) is 0.300. The minimum atomic E-state index is 0.128. The van der Waals surface area contributed by atoms with Crippen LogP contribution in [0.25, 0.3) is 0 Å². The lowest BCUT2D eigenvalue weighted by Crippen LogP contribution is -2.37. The van der Waals surface area contributed by atoms with Gasteiger partial charge in [-0.05, 0) is 55.5 Å². The minimum Gasteiger partial charge on any atom is -0.339 e. The number of hydrogen-bond acceptors (Lipinski definition) is 2. The summed E-state index contributed by atoms with van der Waals surface area (Å²) in [4.78, 5) is 14.5. The number of rotatable bonds is 2. The van der Waals surface area contributed by atoms with Gasteiger partial charge in [0.05, 0.1) is 11.6 Å². The summed E-state index contributed by atoms with van der Waals surface area (Å²) in [5, 5.41) is 8.87. The molecule has 23 heavy (non-hydrogen) atoms. The first kappa shape index (κ1) is 15.3. The molecule has 3 heteroatoms. The Hall–Kier alpha value is -2.60. The average Bonchev–Trinajstić information content (AvgIpc) is 2.62. The van der Waals surface area contributed by atoms with Gasteiger partial charge < -0.3 is 4.90 Å². The second-order valence-electron chi connectivity index (χ2n) is 6.17. The van der Waals surface area contributed by atoms with Gasteiger partial charge in [0.2, 0.25) is 0 Å². The predicted octanol–water partition coefficient (Wildman–Crippen LogP) is 3.89. The maximum Gasteiger partial charge on any atom is 0.253 e. The predicted molar refractivity (Wildman–Crippen MR) is 90.2 cm³/mol. The highest BCUT2D eigenvalue weighted by Gasteiger charge is 2.24. The van der Waals surface area contributed by atoms with Gasteiger partial charge in [0.1, 0.15) is 0 Å². The molecule has 1 aliphatic rings. The smallest absolute Gasteiger partial charge is 0.253 e. The Kier molecular flexibility index (Phi) is 4.43. The zero-order chi connectivity index (χ0) is 16.2. The molecular formula is C20H20N2O. The van der Waals surface area contributed by atoms with Crippen molar-refractivity contribution in [2.45, 2.75) is 25.7 Å². The van der Waals surface area contributed by atoms with Gasteiger partial charge >= 0.3 is 0 Å². The van der Waals surface area contributed by atoms with Crippen LogP contribution in [0, 0.1) is 18.3 Å². The number of carbonyl (C=O) groups is 1. The van der Waals surface area contributed by atoms with Crippen molar-refractivity contribution in [2.24, 2.45) is 0 Å². The number of benzene rings is 2. The first-order chi connectivity index (χ1) is 11.2. The van der Waals surface area contributed by atoms with E-state index in [1.165, 1.54) is 11.1 Å². The topological polar surface area (TPSA) is 44.1 Å². The summed E-state index contributed by atoms with van der Waals surface area (Å²) in [6.07, 6.45) is 1.95. The molecule has 0 bridgehead atoms. The van der Waals surface area contributed by atoms with Crippen LogP contribution in [0.3, 0.4) is 0 Å². The Morgan fingerprint density at radius 3 is 2.22 bits per heavy atom. The van der Waals surface area contributed by atoms with E-state index in [2.05, 4.69) is 6.07 Å². The highest BCUT2D eigenvalue weighted by atomic mass is 16.2. The zero-order valence-electron chi connectivity index (χ0n) is 13.3. The van der Waals surface area contributed by atoms with Gasteiger partial charge in [0, 0.05) is 18.7 Å². The van der Waals surface area contributed by atoms with Crippen molar-refractivity contribution in [2.75, 3.05) is 13.1 Å². The van der Waals surface area contributed by atoms with Crippen molar-refractivity contribution < 1.29 is 4.79 Å². The monoisotopic (exact) mass is 304 g/mol. The van der Waals surface area contributed by atoms with Gasteiger partial charge in [-0.1, -0.05) is 29.8 Å². The van der Waals surface area contributed by atoms with Gasteiger partial charge in [-0.3, -0.25) is 4.79 Å². The van der Waals surface area contributed by atoms with E-state index in [1.54, 1.807) is 0 Å². The Balaban J connectivity index is 1.62. The highest BCUT2D eigenvalue weighted by Crippen LogP contribution is 2.28. The second kappa shape index (κ2) is 6.66. The van der Waals surface area contributed by atoms with Crippen molar-refractivity contribution in [3.63, 3.8) is 0 Å². The number of aryl methyl sites for hydroxylation is 1. The first-order valence-corrected chi connectivity index (χ1v) is 8.03. The molecule has 1 fully saturated rings. The second-order valence-corrected chi connectivity index (χ2v) is 6.17. The average molecular weight is 304 g/mol. The molecule has 3 rings (SSSR count). The Bertz CT molecular complexity index is 718. The molecular weight excluding hydrogens is 284 g/mol. The van der Waals surface area contributed by atoms with Crippen LogP contribution < -0.4 is 0 Å². The maximum absolute atomic E-state index is 12.5. The van der Waals surface area contributed by atoms with E-state index in [0.29, 0.717) is 11.5 Å². The quantitative estimate of drug-likeness (QED) is 0.845. The Morgan fingerprint density at radius 2 is 1.65 bits per heavy atom. The van der Waals surface area contributed by atoms with Gasteiger partial charge in [0.25, 0.3) is 5.91 Å². The number of nitriles is 1. The summed E-state index contributed by atoms with van der Waals surface area (Å²) < 4.78 is 0. The zero-order valence-corrected chi connectivity index (χ0v) is 13.3. The molecule has 0 unspecified atom stereocenters. The number of carbonyl (C=O) groups excluding carboxylic acids is 1. The van der Waals surface area contributed by atoms with Crippen molar-refractivity contribution in [1.82, 2.24) is 4.90 Å². The third-order valence-corrected chi connectivity index (χ3v) is 4.59. The summed E-state index contributed by atoms with van der Waals surface area (Å²) in [5.74, 6) is 0.605. The van der Waals surface area contributed by atoms with E-state index < -0.39 is 0 Å². The van der Waals surface area contributed by atoms with E-state index in [4.69, 9.17) is 5.26 Å². The van der Waals surface area contributed by atoms with Crippen LogP contribution in [0.1, 0.15) is 45.8 Å². The van der Waals surface area contributed by atoms with Gasteiger partial charge in [-0.2, -0.15) is 5.26 Å². The molecule has 0 atom stereocenters. The van der Waals surface area contributed by atoms with Crippen LogP contribution in [-0.4, -0.2) is 23.9 Å². The highest BCUT2D eigenvalue weighted by molar-refractivity contribution is 5.94. The van der Waals surface area contributed by atoms with Crippen LogP contribution in [0.2, 0.25) is 0 Å². The molecule has 1 saturated heterocycles. The largest absolute Gasteiger partial charge is 0.339 e. The lowest BCUT2D eigenvalue weighted by Gasteiger charge is -2.32. The summed E-state index contributed by atoms with van der Waals surface area (Å²) in [6, 6.07) is 17.8. The molecule has 2 aromatic rings. The van der Waals surface area contributed by atoms with Gasteiger partial charge in [-0.25, -0.2) is 0 Å². The SMILES string of the molecule is Cc1ccc(C(=O)N2CCC(c3ccc(C#N)cc3)CC2)cc1. The number of nitrogens with zero attached hydrogens (tertiary/aromatic N) is 2. The number of piperidine rings is 1. The summed E-state index contributed by atoms with van der Waals surface area (Å²) in [6.45, 7) is 3.60. The fourth-order valence-electron chi connectivity index (χ4n) is 3.12. The number of amides is 1. The molecule has 1 amide bonds. The van der Waals surface area contributed by atoms with Crippen molar-refractivity contribution >= 4 is 5.91 Å². The van der Waals surface area contributed by atoms with Crippen molar-refractivity contribution in [3.8, 4) is 6.07 Å². The van der Waals surface area contributed by atoms with Crippen molar-refractivity contribution in [3.05, 3.63) is 70.8 Å². The first-order valence-electron chi connectivity index (χ1n) is 8.03. The molecule has 3 nitrogen and oxygen atoms in total. The lowest BCUT2D eigenvalue weighted by atomic mass is 9.89. The van der Waals surface area contributed by atoms with Crippen LogP contribution in [0.5, 0.6) is 0 Å². The maximum atomic E-state index is 12.5. The number of hydrogen-bond donors (Lipinski definition) is 0. The number of likely N-dealkylation sites (tertiary alicyclic amines) is 1. The molecule has 116 valence electrons. The van der Waals surface area contributed by atoms with Crippen LogP contribution in [0.15, 0.2) is 48.5 Å². The normalized spacial score (nSPS) is 15.2. The molecule has 0 spiro atoms. The Morgan fingerprint density at radius 1 is 1.04 bits per heavy atom. The van der Waals surface area contributed by atoms with E-state index in [9.17, 15) is 4.79 Å². The fourth-order valence-corrected chi connectivity index (χ4v) is 3.12.